The van der Waals surface area contributed by atoms with Gasteiger partial charge in [0.1, 0.15) is 6.04 Å². The molecule has 1 atom stereocenters. The van der Waals surface area contributed by atoms with Crippen molar-refractivity contribution in [1.82, 2.24) is 15.1 Å². The Bertz CT molecular complexity index is 360. The maximum atomic E-state index is 11.4. The van der Waals surface area contributed by atoms with Crippen LogP contribution < -0.4 is 5.32 Å². The number of hydrogen-bond donors (Lipinski definition) is 1. The number of aromatic nitrogens is 2. The van der Waals surface area contributed by atoms with Gasteiger partial charge in [-0.1, -0.05) is 0 Å². The van der Waals surface area contributed by atoms with Gasteiger partial charge in [-0.05, 0) is 27.7 Å². The third-order valence-corrected chi connectivity index (χ3v) is 2.44. The first kappa shape index (κ1) is 13.7. The van der Waals surface area contributed by atoms with Crippen molar-refractivity contribution in [1.29, 1.82) is 0 Å². The van der Waals surface area contributed by atoms with Gasteiger partial charge in [-0.2, -0.15) is 5.10 Å². The fraction of sp³-hybridized carbons (Fsp3) is 0.667. The molecule has 0 amide bonds. The van der Waals surface area contributed by atoms with Crippen LogP contribution >= 0.6 is 0 Å². The Morgan fingerprint density at radius 3 is 2.76 bits per heavy atom. The molecule has 1 aromatic rings. The average Bonchev–Trinajstić information content (AvgIpc) is 2.75. The van der Waals surface area contributed by atoms with Gasteiger partial charge >= 0.3 is 5.97 Å². The van der Waals surface area contributed by atoms with Crippen LogP contribution in [0.5, 0.6) is 0 Å². The van der Waals surface area contributed by atoms with Crippen LogP contribution in [0.15, 0.2) is 12.4 Å². The van der Waals surface area contributed by atoms with Crippen molar-refractivity contribution < 1.29 is 9.53 Å². The molecule has 0 aliphatic heterocycles. The summed E-state index contributed by atoms with van der Waals surface area (Å²) in [5, 5.41) is 7.34. The van der Waals surface area contributed by atoms with E-state index in [-0.39, 0.29) is 12.0 Å². The molecule has 1 rings (SSSR count). The molecule has 5 nitrogen and oxygen atoms in total. The molecule has 1 N–H and O–H groups in total. The topological polar surface area (TPSA) is 56.1 Å². The molecule has 0 radical (unpaired) electrons. The molecular formula is C12H21N3O2. The average molecular weight is 239 g/mol. The van der Waals surface area contributed by atoms with Crippen LogP contribution in [0.2, 0.25) is 0 Å². The van der Waals surface area contributed by atoms with E-state index in [2.05, 4.69) is 24.3 Å². The molecule has 0 aliphatic carbocycles. The summed E-state index contributed by atoms with van der Waals surface area (Å²) in [6, 6.07) is 0.0589. The van der Waals surface area contributed by atoms with Gasteiger partial charge in [-0.25, -0.2) is 0 Å². The van der Waals surface area contributed by atoms with Crippen LogP contribution in [-0.4, -0.2) is 28.4 Å². The highest BCUT2D eigenvalue weighted by atomic mass is 16.5. The molecule has 0 bridgehead atoms. The Labute approximate surface area is 102 Å². The largest absolute Gasteiger partial charge is 0.465 e. The van der Waals surface area contributed by atoms with E-state index in [0.717, 1.165) is 5.56 Å². The summed E-state index contributed by atoms with van der Waals surface area (Å²) in [4.78, 5) is 11.4. The molecule has 0 spiro atoms. The van der Waals surface area contributed by atoms with Crippen molar-refractivity contribution in [3.8, 4) is 0 Å². The molecular weight excluding hydrogens is 218 g/mol. The highest BCUT2D eigenvalue weighted by molar-refractivity contribution is 5.75. The maximum absolute atomic E-state index is 11.4. The molecule has 17 heavy (non-hydrogen) atoms. The van der Waals surface area contributed by atoms with Gasteiger partial charge in [0.2, 0.25) is 0 Å². The number of nitrogens with one attached hydrogen (secondary N) is 1. The van der Waals surface area contributed by atoms with Crippen molar-refractivity contribution in [3.63, 3.8) is 0 Å². The lowest BCUT2D eigenvalue weighted by atomic mass is 10.3. The molecule has 1 heterocycles. The second-order valence-electron chi connectivity index (χ2n) is 4.28. The summed E-state index contributed by atoms with van der Waals surface area (Å²) in [5.74, 6) is -0.219. The van der Waals surface area contributed by atoms with E-state index in [9.17, 15) is 4.79 Å². The molecule has 96 valence electrons. The van der Waals surface area contributed by atoms with Crippen molar-refractivity contribution in [2.45, 2.75) is 46.3 Å². The van der Waals surface area contributed by atoms with Gasteiger partial charge < -0.3 is 10.1 Å². The number of carbonyl (C=O) groups excluding carboxylic acids is 1. The first-order chi connectivity index (χ1) is 8.04. The molecule has 0 fully saturated rings. The van der Waals surface area contributed by atoms with Crippen LogP contribution in [0.1, 0.15) is 39.3 Å². The number of nitrogens with zero attached hydrogens (tertiary/aromatic N) is 2. The summed E-state index contributed by atoms with van der Waals surface area (Å²) in [5.41, 5.74) is 1.06. The zero-order valence-electron chi connectivity index (χ0n) is 10.9. The minimum atomic E-state index is -0.294. The second-order valence-corrected chi connectivity index (χ2v) is 4.28. The van der Waals surface area contributed by atoms with E-state index in [1.807, 2.05) is 17.1 Å². The Morgan fingerprint density at radius 1 is 1.53 bits per heavy atom. The van der Waals surface area contributed by atoms with Crippen molar-refractivity contribution in [2.24, 2.45) is 0 Å². The van der Waals surface area contributed by atoms with E-state index in [4.69, 9.17) is 4.74 Å². The van der Waals surface area contributed by atoms with Gasteiger partial charge in [0.05, 0.1) is 12.8 Å². The fourth-order valence-electron chi connectivity index (χ4n) is 1.37. The summed E-state index contributed by atoms with van der Waals surface area (Å²) in [7, 11) is 0. The van der Waals surface area contributed by atoms with Crippen LogP contribution in [0.3, 0.4) is 0 Å². The first-order valence-electron chi connectivity index (χ1n) is 5.97. The minimum Gasteiger partial charge on any atom is -0.465 e. The number of rotatable bonds is 6. The lowest BCUT2D eigenvalue weighted by molar-refractivity contribution is -0.145. The highest BCUT2D eigenvalue weighted by Gasteiger charge is 2.13. The Kier molecular flexibility index (Phi) is 5.15. The van der Waals surface area contributed by atoms with Gasteiger partial charge in [0.25, 0.3) is 0 Å². The van der Waals surface area contributed by atoms with Crippen LogP contribution in [0.4, 0.5) is 0 Å². The van der Waals surface area contributed by atoms with Gasteiger partial charge in [-0.3, -0.25) is 9.48 Å². The molecule has 1 aromatic heterocycles. The van der Waals surface area contributed by atoms with E-state index in [1.165, 1.54) is 0 Å². The molecule has 0 aromatic carbocycles. The minimum absolute atomic E-state index is 0.219. The smallest absolute Gasteiger partial charge is 0.322 e. The first-order valence-corrected chi connectivity index (χ1v) is 5.97. The summed E-state index contributed by atoms with van der Waals surface area (Å²) >= 11 is 0. The normalized spacial score (nSPS) is 12.8. The van der Waals surface area contributed by atoms with Crippen LogP contribution in [-0.2, 0) is 16.1 Å². The van der Waals surface area contributed by atoms with Crippen LogP contribution in [0, 0.1) is 0 Å². The molecule has 5 heteroatoms. The summed E-state index contributed by atoms with van der Waals surface area (Å²) in [6.45, 7) is 8.78. The van der Waals surface area contributed by atoms with Gasteiger partial charge in [0.15, 0.2) is 0 Å². The fourth-order valence-corrected chi connectivity index (χ4v) is 1.37. The van der Waals surface area contributed by atoms with Crippen molar-refractivity contribution in [3.05, 3.63) is 18.0 Å². The lowest BCUT2D eigenvalue weighted by Gasteiger charge is -2.11. The molecule has 1 unspecified atom stereocenters. The predicted molar refractivity (Wildman–Crippen MR) is 65.5 cm³/mol. The zero-order valence-corrected chi connectivity index (χ0v) is 10.9. The quantitative estimate of drug-likeness (QED) is 0.764. The summed E-state index contributed by atoms with van der Waals surface area (Å²) in [6.07, 6.45) is 3.79. The number of carbonyl (C=O) groups is 1. The molecule has 0 saturated carbocycles. The third kappa shape index (κ3) is 4.19. The van der Waals surface area contributed by atoms with E-state index < -0.39 is 0 Å². The number of hydrogen-bond acceptors (Lipinski definition) is 4. The van der Waals surface area contributed by atoms with Gasteiger partial charge in [-0.15, -0.1) is 0 Å². The van der Waals surface area contributed by atoms with Crippen molar-refractivity contribution >= 4 is 5.97 Å². The number of esters is 1. The Morgan fingerprint density at radius 2 is 2.24 bits per heavy atom. The standard InChI is InChI=1S/C12H21N3O2/c1-5-17-12(16)10(4)13-6-11-7-14-15(8-11)9(2)3/h7-10,13H,5-6H2,1-4H3. The third-order valence-electron chi connectivity index (χ3n) is 2.44. The zero-order chi connectivity index (χ0) is 12.8. The van der Waals surface area contributed by atoms with E-state index >= 15 is 0 Å². The Hall–Kier alpha value is -1.36. The molecule has 0 aliphatic rings. The number of ether oxygens (including phenoxy) is 1. The van der Waals surface area contributed by atoms with Crippen molar-refractivity contribution in [2.75, 3.05) is 6.61 Å². The van der Waals surface area contributed by atoms with Gasteiger partial charge in [0, 0.05) is 24.3 Å². The lowest BCUT2D eigenvalue weighted by Crippen LogP contribution is -2.34. The highest BCUT2D eigenvalue weighted by Crippen LogP contribution is 2.05. The Balaban J connectivity index is 2.41. The predicted octanol–water partition coefficient (Wildman–Crippen LogP) is 1.51. The summed E-state index contributed by atoms with van der Waals surface area (Å²) < 4.78 is 6.81. The maximum Gasteiger partial charge on any atom is 0.322 e. The van der Waals surface area contributed by atoms with E-state index in [1.54, 1.807) is 13.8 Å². The molecule has 0 saturated heterocycles. The second kappa shape index (κ2) is 6.39. The monoisotopic (exact) mass is 239 g/mol. The van der Waals surface area contributed by atoms with Crippen LogP contribution in [0.25, 0.3) is 0 Å². The van der Waals surface area contributed by atoms with E-state index in [0.29, 0.717) is 19.2 Å². The SMILES string of the molecule is CCOC(=O)C(C)NCc1cnn(C(C)C)c1.